The Morgan fingerprint density at radius 3 is 2.36 bits per heavy atom. The molecule has 0 saturated carbocycles. The van der Waals surface area contributed by atoms with Gasteiger partial charge in [-0.25, -0.2) is 9.50 Å². The summed E-state index contributed by atoms with van der Waals surface area (Å²) in [7, 11) is 2.89. The number of amides is 1. The molecule has 33 heavy (non-hydrogen) atoms. The van der Waals surface area contributed by atoms with Gasteiger partial charge in [0.15, 0.2) is 28.5 Å². The van der Waals surface area contributed by atoms with Crippen LogP contribution in [0.3, 0.4) is 0 Å². The highest BCUT2D eigenvalue weighted by Gasteiger charge is 2.36. The predicted molar refractivity (Wildman–Crippen MR) is 116 cm³/mol. The van der Waals surface area contributed by atoms with E-state index in [0.29, 0.717) is 27.3 Å². The fourth-order valence-electron chi connectivity index (χ4n) is 3.20. The van der Waals surface area contributed by atoms with Crippen LogP contribution in [0.25, 0.3) is 16.9 Å². The molecule has 0 unspecified atom stereocenters. The third-order valence-corrected chi connectivity index (χ3v) is 5.10. The average Bonchev–Trinajstić information content (AvgIpc) is 3.14. The number of aromatic nitrogens is 3. The third-order valence-electron chi connectivity index (χ3n) is 4.75. The van der Waals surface area contributed by atoms with Crippen LogP contribution in [0, 0.1) is 0 Å². The number of benzene rings is 2. The fraction of sp³-hybridized carbons (Fsp3) is 0.136. The summed E-state index contributed by atoms with van der Waals surface area (Å²) in [6.45, 7) is 0. The largest absolute Gasteiger partial charge is 0.493 e. The molecule has 2 aromatic carbocycles. The van der Waals surface area contributed by atoms with Crippen LogP contribution in [0.2, 0.25) is 5.02 Å². The van der Waals surface area contributed by atoms with Gasteiger partial charge in [0.25, 0.3) is 5.91 Å². The van der Waals surface area contributed by atoms with Crippen LogP contribution < -0.4 is 14.8 Å². The predicted octanol–water partition coefficient (Wildman–Crippen LogP) is 5.34. The molecule has 0 aliphatic rings. The molecular weight excluding hydrogens is 461 g/mol. The SMILES string of the molecule is COc1ccc(NC(=O)c2nn3c(C(F)(F)F)cc(-c4ccccc4)nc3c2Cl)cc1OC. The molecule has 4 aromatic rings. The maximum Gasteiger partial charge on any atom is 0.433 e. The molecule has 0 spiro atoms. The molecule has 2 aromatic heterocycles. The van der Waals surface area contributed by atoms with Crippen molar-refractivity contribution in [3.05, 3.63) is 71.0 Å². The fourth-order valence-corrected chi connectivity index (χ4v) is 3.45. The van der Waals surface area contributed by atoms with Crippen molar-refractivity contribution in [3.8, 4) is 22.8 Å². The molecule has 0 saturated heterocycles. The zero-order valence-electron chi connectivity index (χ0n) is 17.3. The highest BCUT2D eigenvalue weighted by atomic mass is 35.5. The second-order valence-corrected chi connectivity index (χ2v) is 7.19. The molecule has 0 fully saturated rings. The third kappa shape index (κ3) is 4.29. The Morgan fingerprint density at radius 2 is 1.73 bits per heavy atom. The number of methoxy groups -OCH3 is 2. The van der Waals surface area contributed by atoms with E-state index in [-0.39, 0.29) is 16.4 Å². The van der Waals surface area contributed by atoms with Crippen molar-refractivity contribution in [3.63, 3.8) is 0 Å². The summed E-state index contributed by atoms with van der Waals surface area (Å²) in [5.41, 5.74) is -1.00. The van der Waals surface area contributed by atoms with E-state index in [2.05, 4.69) is 15.4 Å². The van der Waals surface area contributed by atoms with Crippen LogP contribution in [0.4, 0.5) is 18.9 Å². The van der Waals surface area contributed by atoms with Crippen LogP contribution in [-0.4, -0.2) is 34.7 Å². The molecule has 170 valence electrons. The minimum atomic E-state index is -4.77. The molecule has 0 bridgehead atoms. The molecule has 1 N–H and O–H groups in total. The number of nitrogens with zero attached hydrogens (tertiary/aromatic N) is 3. The number of alkyl halides is 3. The lowest BCUT2D eigenvalue weighted by Gasteiger charge is -2.11. The lowest BCUT2D eigenvalue weighted by Crippen LogP contribution is -2.16. The van der Waals surface area contributed by atoms with Gasteiger partial charge in [0.2, 0.25) is 0 Å². The zero-order chi connectivity index (χ0) is 23.8. The number of rotatable bonds is 5. The molecule has 0 aliphatic heterocycles. The van der Waals surface area contributed by atoms with Crippen molar-refractivity contribution in [2.24, 2.45) is 0 Å². The first-order valence-electron chi connectivity index (χ1n) is 9.48. The van der Waals surface area contributed by atoms with E-state index in [0.717, 1.165) is 6.07 Å². The summed E-state index contributed by atoms with van der Waals surface area (Å²) in [4.78, 5) is 17.1. The van der Waals surface area contributed by atoms with Crippen LogP contribution in [0.5, 0.6) is 11.5 Å². The molecule has 4 rings (SSSR count). The number of anilines is 1. The summed E-state index contributed by atoms with van der Waals surface area (Å²) in [5.74, 6) is -0.0225. The first-order valence-corrected chi connectivity index (χ1v) is 9.86. The van der Waals surface area contributed by atoms with E-state index in [1.165, 1.54) is 26.4 Å². The second-order valence-electron chi connectivity index (χ2n) is 6.81. The maximum absolute atomic E-state index is 13.8. The summed E-state index contributed by atoms with van der Waals surface area (Å²) in [6, 6.07) is 13.8. The van der Waals surface area contributed by atoms with Gasteiger partial charge >= 0.3 is 6.18 Å². The van der Waals surface area contributed by atoms with Gasteiger partial charge in [-0.05, 0) is 18.2 Å². The van der Waals surface area contributed by atoms with Gasteiger partial charge in [-0.15, -0.1) is 0 Å². The first kappa shape index (κ1) is 22.4. The topological polar surface area (TPSA) is 77.8 Å². The smallest absolute Gasteiger partial charge is 0.433 e. The van der Waals surface area contributed by atoms with E-state index < -0.39 is 23.5 Å². The quantitative estimate of drug-likeness (QED) is 0.421. The Morgan fingerprint density at radius 1 is 1.03 bits per heavy atom. The van der Waals surface area contributed by atoms with Gasteiger partial charge in [-0.3, -0.25) is 4.79 Å². The number of hydrogen-bond acceptors (Lipinski definition) is 5. The monoisotopic (exact) mass is 476 g/mol. The summed E-state index contributed by atoms with van der Waals surface area (Å²) >= 11 is 6.29. The molecule has 7 nitrogen and oxygen atoms in total. The number of halogens is 4. The lowest BCUT2D eigenvalue weighted by atomic mass is 10.1. The number of hydrogen-bond donors (Lipinski definition) is 1. The molecule has 0 aliphatic carbocycles. The Labute approximate surface area is 190 Å². The number of nitrogens with one attached hydrogen (secondary N) is 1. The van der Waals surface area contributed by atoms with Crippen LogP contribution >= 0.6 is 11.6 Å². The lowest BCUT2D eigenvalue weighted by molar-refractivity contribution is -0.142. The van der Waals surface area contributed by atoms with Crippen molar-refractivity contribution in [2.45, 2.75) is 6.18 Å². The Balaban J connectivity index is 1.79. The number of carbonyl (C=O) groups is 1. The zero-order valence-corrected chi connectivity index (χ0v) is 18.0. The van der Waals surface area contributed by atoms with E-state index in [1.807, 2.05) is 0 Å². The van der Waals surface area contributed by atoms with E-state index in [1.54, 1.807) is 36.4 Å². The van der Waals surface area contributed by atoms with E-state index >= 15 is 0 Å². The van der Waals surface area contributed by atoms with Crippen LogP contribution in [-0.2, 0) is 6.18 Å². The Kier molecular flexibility index (Phi) is 5.86. The number of ether oxygens (including phenoxy) is 2. The molecule has 11 heteroatoms. The van der Waals surface area contributed by atoms with Crippen LogP contribution in [0.15, 0.2) is 54.6 Å². The Hall–Kier alpha value is -3.79. The Bertz CT molecular complexity index is 1340. The van der Waals surface area contributed by atoms with Crippen molar-refractivity contribution < 1.29 is 27.4 Å². The second kappa shape index (κ2) is 8.62. The number of fused-ring (bicyclic) bond motifs is 1. The van der Waals surface area contributed by atoms with Crippen molar-refractivity contribution >= 4 is 28.8 Å². The summed E-state index contributed by atoms with van der Waals surface area (Å²) in [6.07, 6.45) is -4.77. The highest BCUT2D eigenvalue weighted by molar-refractivity contribution is 6.37. The summed E-state index contributed by atoms with van der Waals surface area (Å²) in [5, 5.41) is 6.06. The van der Waals surface area contributed by atoms with Gasteiger partial charge in [0.05, 0.1) is 19.9 Å². The van der Waals surface area contributed by atoms with Gasteiger partial charge in [0, 0.05) is 17.3 Å². The minimum Gasteiger partial charge on any atom is -0.493 e. The molecule has 1 amide bonds. The molecule has 0 atom stereocenters. The summed E-state index contributed by atoms with van der Waals surface area (Å²) < 4.78 is 52.3. The van der Waals surface area contributed by atoms with Crippen molar-refractivity contribution in [2.75, 3.05) is 19.5 Å². The van der Waals surface area contributed by atoms with Gasteiger partial charge in [0.1, 0.15) is 5.02 Å². The van der Waals surface area contributed by atoms with Crippen molar-refractivity contribution in [1.82, 2.24) is 14.6 Å². The molecule has 0 radical (unpaired) electrons. The molecule has 2 heterocycles. The maximum atomic E-state index is 13.8. The van der Waals surface area contributed by atoms with Gasteiger partial charge in [-0.2, -0.15) is 18.3 Å². The molecular formula is C22H16ClF3N4O3. The standard InChI is InChI=1S/C22H16ClF3N4O3/c1-32-15-9-8-13(10-16(15)33-2)27-21(31)19-18(23)20-28-14(12-6-4-3-5-7-12)11-17(22(24,25)26)30(20)29-19/h3-11H,1-2H3,(H,27,31). The highest BCUT2D eigenvalue weighted by Crippen LogP contribution is 2.35. The van der Waals surface area contributed by atoms with Crippen LogP contribution in [0.1, 0.15) is 16.2 Å². The van der Waals surface area contributed by atoms with E-state index in [4.69, 9.17) is 21.1 Å². The van der Waals surface area contributed by atoms with E-state index in [9.17, 15) is 18.0 Å². The minimum absolute atomic E-state index is 0.0454. The normalized spacial score (nSPS) is 11.5. The van der Waals surface area contributed by atoms with Gasteiger partial charge < -0.3 is 14.8 Å². The van der Waals surface area contributed by atoms with Gasteiger partial charge in [-0.1, -0.05) is 41.9 Å². The first-order chi connectivity index (χ1) is 15.7. The number of carbonyl (C=O) groups excluding carboxylic acids is 1. The average molecular weight is 477 g/mol. The van der Waals surface area contributed by atoms with Crippen molar-refractivity contribution in [1.29, 1.82) is 0 Å².